The summed E-state index contributed by atoms with van der Waals surface area (Å²) in [5, 5.41) is 7.28. The number of nitrogens with zero attached hydrogens (tertiary/aromatic N) is 2. The van der Waals surface area contributed by atoms with Crippen molar-refractivity contribution in [2.75, 3.05) is 19.5 Å². The molecule has 1 heterocycles. The van der Waals surface area contributed by atoms with Crippen LogP contribution in [0.4, 0.5) is 5.69 Å². The largest absolute Gasteiger partial charge is 0.493 e. The molecule has 0 aliphatic heterocycles. The Hall–Kier alpha value is -3.35. The van der Waals surface area contributed by atoms with Crippen molar-refractivity contribution in [3.05, 3.63) is 57.9 Å². The number of benzene rings is 2. The molecule has 1 N–H and O–H groups in total. The van der Waals surface area contributed by atoms with Gasteiger partial charge in [-0.05, 0) is 31.2 Å². The predicted octanol–water partition coefficient (Wildman–Crippen LogP) is 2.51. The molecule has 0 unspecified atom stereocenters. The molecule has 3 rings (SSSR count). The van der Waals surface area contributed by atoms with E-state index >= 15 is 0 Å². The lowest BCUT2D eigenvalue weighted by Gasteiger charge is -2.11. The number of carbonyl (C=O) groups excluding carboxylic acids is 1. The Kier molecular flexibility index (Phi) is 4.62. The van der Waals surface area contributed by atoms with Crippen LogP contribution in [0.5, 0.6) is 11.5 Å². The highest BCUT2D eigenvalue weighted by molar-refractivity contribution is 6.04. The highest BCUT2D eigenvalue weighted by atomic mass is 16.5. The van der Waals surface area contributed by atoms with Crippen LogP contribution in [0.3, 0.4) is 0 Å². The molecule has 0 saturated carbocycles. The van der Waals surface area contributed by atoms with Crippen molar-refractivity contribution >= 4 is 22.5 Å². The zero-order chi connectivity index (χ0) is 18.8. The van der Waals surface area contributed by atoms with Crippen molar-refractivity contribution in [3.8, 4) is 11.5 Å². The number of aromatic nitrogens is 2. The summed E-state index contributed by atoms with van der Waals surface area (Å²) in [6, 6.07) is 10.4. The number of amides is 1. The van der Waals surface area contributed by atoms with Crippen molar-refractivity contribution in [3.63, 3.8) is 0 Å². The number of carbonyl (C=O) groups is 1. The second-order valence-electron chi connectivity index (χ2n) is 5.85. The van der Waals surface area contributed by atoms with Crippen molar-refractivity contribution in [2.24, 2.45) is 7.05 Å². The third-order valence-corrected chi connectivity index (χ3v) is 4.07. The molecule has 0 fully saturated rings. The Bertz CT molecular complexity index is 1060. The smallest absolute Gasteiger partial charge is 0.280 e. The lowest BCUT2D eigenvalue weighted by Crippen LogP contribution is -2.26. The number of fused-ring (bicyclic) bond motifs is 1. The topological polar surface area (TPSA) is 82.5 Å². The van der Waals surface area contributed by atoms with E-state index in [2.05, 4.69) is 10.4 Å². The van der Waals surface area contributed by atoms with Crippen LogP contribution in [0.1, 0.15) is 16.1 Å². The number of aryl methyl sites for hydroxylation is 2. The monoisotopic (exact) mass is 353 g/mol. The van der Waals surface area contributed by atoms with Gasteiger partial charge in [-0.2, -0.15) is 5.10 Å². The van der Waals surface area contributed by atoms with Gasteiger partial charge in [-0.3, -0.25) is 14.3 Å². The molecule has 1 aromatic heterocycles. The van der Waals surface area contributed by atoms with Crippen LogP contribution in [0, 0.1) is 6.92 Å². The standard InChI is InChI=1S/C19H19N3O4/c1-11-5-7-14-13(9-11)18(23)17(21-22(14)2)19(24)20-12-6-8-15(25-3)16(10-12)26-4/h5-10H,1-4H3,(H,20,24). The number of anilines is 1. The van der Waals surface area contributed by atoms with Crippen molar-refractivity contribution in [2.45, 2.75) is 6.92 Å². The van der Waals surface area contributed by atoms with Gasteiger partial charge >= 0.3 is 0 Å². The van der Waals surface area contributed by atoms with Gasteiger partial charge in [0.25, 0.3) is 5.91 Å². The first-order valence-corrected chi connectivity index (χ1v) is 7.95. The van der Waals surface area contributed by atoms with Crippen molar-refractivity contribution < 1.29 is 14.3 Å². The van der Waals surface area contributed by atoms with Crippen LogP contribution in [-0.4, -0.2) is 29.9 Å². The average molecular weight is 353 g/mol. The van der Waals surface area contributed by atoms with Crippen LogP contribution >= 0.6 is 0 Å². The molecule has 0 atom stereocenters. The van der Waals surface area contributed by atoms with Gasteiger partial charge in [0, 0.05) is 18.8 Å². The minimum atomic E-state index is -0.582. The summed E-state index contributed by atoms with van der Waals surface area (Å²) in [7, 11) is 4.73. The Balaban J connectivity index is 2.01. The third kappa shape index (κ3) is 3.11. The first-order chi connectivity index (χ1) is 12.4. The van der Waals surface area contributed by atoms with E-state index in [0.29, 0.717) is 28.1 Å². The van der Waals surface area contributed by atoms with Gasteiger partial charge in [-0.15, -0.1) is 0 Å². The van der Waals surface area contributed by atoms with Crippen molar-refractivity contribution in [1.29, 1.82) is 0 Å². The average Bonchev–Trinajstić information content (AvgIpc) is 2.64. The molecule has 2 aromatic carbocycles. The van der Waals surface area contributed by atoms with Crippen LogP contribution in [0.25, 0.3) is 10.9 Å². The molecular formula is C19H19N3O4. The van der Waals surface area contributed by atoms with Crippen LogP contribution in [0.2, 0.25) is 0 Å². The molecule has 0 radical (unpaired) electrons. The molecule has 134 valence electrons. The Morgan fingerprint density at radius 1 is 1.08 bits per heavy atom. The summed E-state index contributed by atoms with van der Waals surface area (Å²) < 4.78 is 11.9. The van der Waals surface area contributed by atoms with Gasteiger partial charge < -0.3 is 14.8 Å². The summed E-state index contributed by atoms with van der Waals surface area (Å²) in [6.45, 7) is 1.89. The molecule has 1 amide bonds. The molecule has 7 heteroatoms. The molecule has 3 aromatic rings. The summed E-state index contributed by atoms with van der Waals surface area (Å²) in [6.07, 6.45) is 0. The Morgan fingerprint density at radius 2 is 1.81 bits per heavy atom. The first kappa shape index (κ1) is 17.5. The van der Waals surface area contributed by atoms with Crippen LogP contribution < -0.4 is 20.2 Å². The highest BCUT2D eigenvalue weighted by Gasteiger charge is 2.17. The van der Waals surface area contributed by atoms with Crippen LogP contribution in [-0.2, 0) is 7.05 Å². The Labute approximate surface area is 150 Å². The summed E-state index contributed by atoms with van der Waals surface area (Å²) in [4.78, 5) is 25.3. The zero-order valence-corrected chi connectivity index (χ0v) is 15.0. The fraction of sp³-hybridized carbons (Fsp3) is 0.211. The van der Waals surface area contributed by atoms with Gasteiger partial charge in [-0.25, -0.2) is 0 Å². The van der Waals surface area contributed by atoms with E-state index in [1.807, 2.05) is 19.1 Å². The van der Waals surface area contributed by atoms with Gasteiger partial charge in [0.15, 0.2) is 17.2 Å². The summed E-state index contributed by atoms with van der Waals surface area (Å²) in [5.41, 5.74) is 1.51. The molecule has 0 aliphatic rings. The second kappa shape index (κ2) is 6.87. The fourth-order valence-electron chi connectivity index (χ4n) is 2.74. The van der Waals surface area contributed by atoms with E-state index in [1.54, 1.807) is 31.3 Å². The minimum Gasteiger partial charge on any atom is -0.493 e. The summed E-state index contributed by atoms with van der Waals surface area (Å²) >= 11 is 0. The van der Waals surface area contributed by atoms with Gasteiger partial charge in [0.1, 0.15) is 0 Å². The van der Waals surface area contributed by atoms with Crippen molar-refractivity contribution in [1.82, 2.24) is 9.78 Å². The second-order valence-corrected chi connectivity index (χ2v) is 5.85. The first-order valence-electron chi connectivity index (χ1n) is 7.95. The van der Waals surface area contributed by atoms with E-state index in [9.17, 15) is 9.59 Å². The van der Waals surface area contributed by atoms with E-state index < -0.39 is 11.3 Å². The molecule has 0 saturated heterocycles. The zero-order valence-electron chi connectivity index (χ0n) is 15.0. The van der Waals surface area contributed by atoms with E-state index in [0.717, 1.165) is 5.56 Å². The number of methoxy groups -OCH3 is 2. The molecule has 0 aliphatic carbocycles. The number of ether oxygens (including phenoxy) is 2. The summed E-state index contributed by atoms with van der Waals surface area (Å²) in [5.74, 6) is 0.433. The highest BCUT2D eigenvalue weighted by Crippen LogP contribution is 2.29. The molecule has 7 nitrogen and oxygen atoms in total. The quantitative estimate of drug-likeness (QED) is 0.779. The number of rotatable bonds is 4. The van der Waals surface area contributed by atoms with E-state index in [1.165, 1.54) is 18.9 Å². The Morgan fingerprint density at radius 3 is 2.50 bits per heavy atom. The van der Waals surface area contributed by atoms with Crippen LogP contribution in [0.15, 0.2) is 41.2 Å². The lowest BCUT2D eigenvalue weighted by atomic mass is 10.1. The van der Waals surface area contributed by atoms with E-state index in [-0.39, 0.29) is 5.69 Å². The molecular weight excluding hydrogens is 334 g/mol. The maximum atomic E-state index is 12.7. The fourth-order valence-corrected chi connectivity index (χ4v) is 2.74. The van der Waals surface area contributed by atoms with Gasteiger partial charge in [0.2, 0.25) is 5.43 Å². The van der Waals surface area contributed by atoms with Gasteiger partial charge in [-0.1, -0.05) is 11.6 Å². The molecule has 0 spiro atoms. The predicted molar refractivity (Wildman–Crippen MR) is 99.2 cm³/mol. The number of hydrogen-bond acceptors (Lipinski definition) is 5. The molecule has 0 bridgehead atoms. The SMILES string of the molecule is COc1ccc(NC(=O)c2nn(C)c3ccc(C)cc3c2=O)cc1OC. The number of nitrogens with one attached hydrogen (secondary N) is 1. The lowest BCUT2D eigenvalue weighted by molar-refractivity contribution is 0.101. The maximum absolute atomic E-state index is 12.7. The maximum Gasteiger partial charge on any atom is 0.280 e. The third-order valence-electron chi connectivity index (χ3n) is 4.07. The number of hydrogen-bond donors (Lipinski definition) is 1. The molecule has 26 heavy (non-hydrogen) atoms. The van der Waals surface area contributed by atoms with E-state index in [4.69, 9.17) is 9.47 Å². The normalized spacial score (nSPS) is 10.6. The minimum absolute atomic E-state index is 0.166. The van der Waals surface area contributed by atoms with Gasteiger partial charge in [0.05, 0.1) is 25.1 Å².